The molecule has 3 aromatic carbocycles. The molecule has 1 aromatic heterocycles. The molecule has 0 aliphatic heterocycles. The summed E-state index contributed by atoms with van der Waals surface area (Å²) in [6.45, 7) is 4.53. The average Bonchev–Trinajstić information content (AvgIpc) is 2.86. The van der Waals surface area contributed by atoms with Gasteiger partial charge in [0.1, 0.15) is 0 Å². The Bertz CT molecular complexity index is 1330. The number of hydrogen-bond acceptors (Lipinski definition) is 3. The van der Waals surface area contributed by atoms with Crippen LogP contribution in [-0.4, -0.2) is 17.4 Å². The highest BCUT2D eigenvalue weighted by molar-refractivity contribution is 6.09. The summed E-state index contributed by atoms with van der Waals surface area (Å²) in [4.78, 5) is 17.5. The van der Waals surface area contributed by atoms with Crippen LogP contribution < -0.4 is 10.6 Å². The zero-order chi connectivity index (χ0) is 25.7. The number of alkyl halides is 3. The van der Waals surface area contributed by atoms with Crippen molar-refractivity contribution in [2.24, 2.45) is 0 Å². The molecule has 0 saturated carbocycles. The standard InChI is InChI=1S/C29H26F3N3O/c1-19-17-26(21-6-8-22(9-7-21)29(30,31)32)27(18-20(19)2)28(36)35-25-12-10-24(11-13-25)34-16-14-23-5-3-4-15-33-23/h3-13,15,17-18,34H,14,16H2,1-2H3,(H,35,36). The molecule has 2 N–H and O–H groups in total. The topological polar surface area (TPSA) is 54.0 Å². The predicted octanol–water partition coefficient (Wildman–Crippen LogP) is 7.29. The van der Waals surface area contributed by atoms with Crippen molar-refractivity contribution in [2.75, 3.05) is 17.2 Å². The zero-order valence-electron chi connectivity index (χ0n) is 20.0. The van der Waals surface area contributed by atoms with E-state index < -0.39 is 11.7 Å². The monoisotopic (exact) mass is 489 g/mol. The molecule has 0 aliphatic rings. The SMILES string of the molecule is Cc1cc(C(=O)Nc2ccc(NCCc3ccccn3)cc2)c(-c2ccc(C(F)(F)F)cc2)cc1C. The van der Waals surface area contributed by atoms with Crippen molar-refractivity contribution in [2.45, 2.75) is 26.4 Å². The predicted molar refractivity (Wildman–Crippen MR) is 137 cm³/mol. The van der Waals surface area contributed by atoms with Gasteiger partial charge in [-0.1, -0.05) is 24.3 Å². The van der Waals surface area contributed by atoms with Crippen LogP contribution in [0, 0.1) is 13.8 Å². The number of rotatable bonds is 7. The number of nitrogens with zero attached hydrogens (tertiary/aromatic N) is 1. The lowest BCUT2D eigenvalue weighted by atomic mass is 9.93. The van der Waals surface area contributed by atoms with E-state index in [1.54, 1.807) is 24.4 Å². The van der Waals surface area contributed by atoms with E-state index in [0.717, 1.165) is 47.6 Å². The lowest BCUT2D eigenvalue weighted by Crippen LogP contribution is -2.14. The smallest absolute Gasteiger partial charge is 0.385 e. The van der Waals surface area contributed by atoms with Gasteiger partial charge in [-0.05, 0) is 90.7 Å². The summed E-state index contributed by atoms with van der Waals surface area (Å²) in [5.74, 6) is -0.330. The maximum absolute atomic E-state index is 13.2. The molecule has 4 nitrogen and oxygen atoms in total. The van der Waals surface area contributed by atoms with E-state index >= 15 is 0 Å². The van der Waals surface area contributed by atoms with E-state index in [1.807, 2.05) is 50.2 Å². The fourth-order valence-corrected chi connectivity index (χ4v) is 3.83. The van der Waals surface area contributed by atoms with E-state index in [2.05, 4.69) is 15.6 Å². The number of nitrogens with one attached hydrogen (secondary N) is 2. The molecule has 4 aromatic rings. The third-order valence-corrected chi connectivity index (χ3v) is 5.98. The highest BCUT2D eigenvalue weighted by Gasteiger charge is 2.30. The van der Waals surface area contributed by atoms with Gasteiger partial charge in [0.05, 0.1) is 5.56 Å². The summed E-state index contributed by atoms with van der Waals surface area (Å²) in [6, 6.07) is 21.7. The highest BCUT2D eigenvalue weighted by atomic mass is 19.4. The molecule has 0 radical (unpaired) electrons. The summed E-state index contributed by atoms with van der Waals surface area (Å²) in [5.41, 5.74) is 5.20. The minimum Gasteiger partial charge on any atom is -0.385 e. The fraction of sp³-hybridized carbons (Fsp3) is 0.172. The second kappa shape index (κ2) is 10.6. The van der Waals surface area contributed by atoms with Crippen LogP contribution in [-0.2, 0) is 12.6 Å². The summed E-state index contributed by atoms with van der Waals surface area (Å²) in [6.07, 6.45) is -1.86. The van der Waals surface area contributed by atoms with E-state index in [1.165, 1.54) is 12.1 Å². The molecule has 0 aliphatic carbocycles. The van der Waals surface area contributed by atoms with Crippen molar-refractivity contribution in [1.29, 1.82) is 0 Å². The maximum Gasteiger partial charge on any atom is 0.416 e. The Balaban J connectivity index is 1.48. The van der Waals surface area contributed by atoms with Gasteiger partial charge < -0.3 is 10.6 Å². The minimum atomic E-state index is -4.42. The van der Waals surface area contributed by atoms with Crippen molar-refractivity contribution in [3.05, 3.63) is 113 Å². The molecule has 1 amide bonds. The average molecular weight is 490 g/mol. The lowest BCUT2D eigenvalue weighted by Gasteiger charge is -2.15. The molecule has 0 fully saturated rings. The number of carbonyl (C=O) groups is 1. The first-order valence-corrected chi connectivity index (χ1v) is 11.5. The number of carbonyl (C=O) groups excluding carboxylic acids is 1. The van der Waals surface area contributed by atoms with Crippen LogP contribution in [0.5, 0.6) is 0 Å². The Labute approximate surface area is 208 Å². The van der Waals surface area contributed by atoms with Gasteiger partial charge in [0.2, 0.25) is 0 Å². The number of hydrogen-bond donors (Lipinski definition) is 2. The van der Waals surface area contributed by atoms with E-state index in [-0.39, 0.29) is 5.91 Å². The molecule has 7 heteroatoms. The van der Waals surface area contributed by atoms with Gasteiger partial charge in [0.25, 0.3) is 5.91 Å². The first-order valence-electron chi connectivity index (χ1n) is 11.5. The Morgan fingerprint density at radius 1 is 0.861 bits per heavy atom. The highest BCUT2D eigenvalue weighted by Crippen LogP contribution is 2.33. The summed E-state index contributed by atoms with van der Waals surface area (Å²) < 4.78 is 39.0. The van der Waals surface area contributed by atoms with Crippen LogP contribution in [0.25, 0.3) is 11.1 Å². The van der Waals surface area contributed by atoms with Gasteiger partial charge in [-0.15, -0.1) is 0 Å². The van der Waals surface area contributed by atoms with Gasteiger partial charge in [-0.3, -0.25) is 9.78 Å². The van der Waals surface area contributed by atoms with Crippen LogP contribution in [0.1, 0.15) is 32.7 Å². The van der Waals surface area contributed by atoms with Crippen molar-refractivity contribution in [1.82, 2.24) is 4.98 Å². The maximum atomic E-state index is 13.2. The number of aromatic nitrogens is 1. The quantitative estimate of drug-likeness (QED) is 0.287. The second-order valence-electron chi connectivity index (χ2n) is 8.59. The second-order valence-corrected chi connectivity index (χ2v) is 8.59. The molecule has 184 valence electrons. The normalized spacial score (nSPS) is 11.2. The van der Waals surface area contributed by atoms with Gasteiger partial charge in [0.15, 0.2) is 0 Å². The molecule has 0 spiro atoms. The van der Waals surface area contributed by atoms with Gasteiger partial charge in [-0.25, -0.2) is 0 Å². The summed E-state index contributed by atoms with van der Waals surface area (Å²) in [7, 11) is 0. The van der Waals surface area contributed by atoms with E-state index in [0.29, 0.717) is 22.4 Å². The number of amides is 1. The summed E-state index contributed by atoms with van der Waals surface area (Å²) >= 11 is 0. The molecule has 0 unspecified atom stereocenters. The van der Waals surface area contributed by atoms with Crippen LogP contribution in [0.4, 0.5) is 24.5 Å². The molecule has 4 rings (SSSR count). The van der Waals surface area contributed by atoms with Crippen LogP contribution >= 0.6 is 0 Å². The number of pyridine rings is 1. The van der Waals surface area contributed by atoms with Gasteiger partial charge >= 0.3 is 6.18 Å². The molecule has 36 heavy (non-hydrogen) atoms. The Morgan fingerprint density at radius 3 is 2.17 bits per heavy atom. The molecule has 1 heterocycles. The summed E-state index contributed by atoms with van der Waals surface area (Å²) in [5, 5.41) is 6.24. The van der Waals surface area contributed by atoms with Crippen molar-refractivity contribution in [3.63, 3.8) is 0 Å². The molecular weight excluding hydrogens is 463 g/mol. The molecular formula is C29H26F3N3O. The van der Waals surface area contributed by atoms with Gasteiger partial charge in [0, 0.05) is 41.8 Å². The first kappa shape index (κ1) is 25.0. The van der Waals surface area contributed by atoms with E-state index in [4.69, 9.17) is 0 Å². The number of halogens is 3. The van der Waals surface area contributed by atoms with Crippen molar-refractivity contribution in [3.8, 4) is 11.1 Å². The Morgan fingerprint density at radius 2 is 1.53 bits per heavy atom. The number of aryl methyl sites for hydroxylation is 2. The first-order chi connectivity index (χ1) is 17.2. The van der Waals surface area contributed by atoms with Crippen LogP contribution in [0.2, 0.25) is 0 Å². The zero-order valence-corrected chi connectivity index (χ0v) is 20.0. The Kier molecular flexibility index (Phi) is 7.38. The van der Waals surface area contributed by atoms with E-state index in [9.17, 15) is 18.0 Å². The minimum absolute atomic E-state index is 0.330. The lowest BCUT2D eigenvalue weighted by molar-refractivity contribution is -0.137. The van der Waals surface area contributed by atoms with Crippen LogP contribution in [0.15, 0.2) is 85.1 Å². The third kappa shape index (κ3) is 6.10. The Hall–Kier alpha value is -4.13. The molecule has 0 saturated heterocycles. The largest absolute Gasteiger partial charge is 0.416 e. The fourth-order valence-electron chi connectivity index (χ4n) is 3.83. The molecule has 0 bridgehead atoms. The number of anilines is 2. The van der Waals surface area contributed by atoms with Crippen molar-refractivity contribution >= 4 is 17.3 Å². The van der Waals surface area contributed by atoms with Crippen molar-refractivity contribution < 1.29 is 18.0 Å². The molecule has 0 atom stereocenters. The third-order valence-electron chi connectivity index (χ3n) is 5.98. The van der Waals surface area contributed by atoms with Gasteiger partial charge in [-0.2, -0.15) is 13.2 Å². The number of benzene rings is 3. The van der Waals surface area contributed by atoms with Crippen LogP contribution in [0.3, 0.4) is 0 Å².